The molecule has 0 aliphatic carbocycles. The SMILES string of the molecule is CCCCCCCCCCCCCCOc1ccc(C(=O)Oc2ccc(C(=O)Nc3cccc(OC(=O)c4ccc(OC(=O)c5ccc(OCCCCCCCCCCCCCC)cc5)cc4)c3)cc2)cc1. The lowest BCUT2D eigenvalue weighted by Gasteiger charge is -2.10. The van der Waals surface area contributed by atoms with Gasteiger partial charge in [0.05, 0.1) is 29.9 Å². The minimum atomic E-state index is -0.630. The number of nitrogens with one attached hydrogen (secondary N) is 1. The summed E-state index contributed by atoms with van der Waals surface area (Å²) in [7, 11) is 0. The molecule has 5 rings (SSSR count). The summed E-state index contributed by atoms with van der Waals surface area (Å²) >= 11 is 0. The Balaban J connectivity index is 0.947. The average molecular weight is 982 g/mol. The lowest BCUT2D eigenvalue weighted by atomic mass is 10.1. The molecule has 10 heteroatoms. The zero-order valence-corrected chi connectivity index (χ0v) is 43.1. The van der Waals surface area contributed by atoms with Crippen LogP contribution in [0.1, 0.15) is 209 Å². The summed E-state index contributed by atoms with van der Waals surface area (Å²) in [5, 5.41) is 2.81. The molecule has 0 aliphatic rings. The smallest absolute Gasteiger partial charge is 0.343 e. The molecule has 386 valence electrons. The minimum absolute atomic E-state index is 0.219. The second kappa shape index (κ2) is 34.0. The van der Waals surface area contributed by atoms with E-state index in [9.17, 15) is 19.2 Å². The predicted octanol–water partition coefficient (Wildman–Crippen LogP) is 16.8. The molecule has 0 heterocycles. The number of benzene rings is 5. The fraction of sp³-hybridized carbons (Fsp3) is 0.452. The molecule has 0 fully saturated rings. The van der Waals surface area contributed by atoms with Crippen molar-refractivity contribution in [3.05, 3.63) is 144 Å². The van der Waals surface area contributed by atoms with Crippen LogP contribution in [0.3, 0.4) is 0 Å². The first kappa shape index (κ1) is 56.5. The van der Waals surface area contributed by atoms with Crippen LogP contribution in [0.2, 0.25) is 0 Å². The molecule has 0 aromatic heterocycles. The van der Waals surface area contributed by atoms with Gasteiger partial charge in [-0.2, -0.15) is 0 Å². The van der Waals surface area contributed by atoms with E-state index in [1.807, 2.05) is 0 Å². The van der Waals surface area contributed by atoms with Gasteiger partial charge in [-0.05, 0) is 122 Å². The summed E-state index contributed by atoms with van der Waals surface area (Å²) in [6.45, 7) is 5.80. The third-order valence-electron chi connectivity index (χ3n) is 12.6. The largest absolute Gasteiger partial charge is 0.494 e. The maximum atomic E-state index is 13.1. The maximum absolute atomic E-state index is 13.1. The van der Waals surface area contributed by atoms with Crippen LogP contribution in [0.15, 0.2) is 121 Å². The molecule has 0 radical (unpaired) electrons. The molecule has 0 unspecified atom stereocenters. The molecule has 5 aromatic carbocycles. The highest BCUT2D eigenvalue weighted by molar-refractivity contribution is 6.04. The summed E-state index contributed by atoms with van der Waals surface area (Å²) in [4.78, 5) is 51.9. The van der Waals surface area contributed by atoms with E-state index in [2.05, 4.69) is 19.2 Å². The van der Waals surface area contributed by atoms with Crippen molar-refractivity contribution in [2.24, 2.45) is 0 Å². The van der Waals surface area contributed by atoms with Crippen molar-refractivity contribution < 1.29 is 42.9 Å². The molecule has 0 saturated carbocycles. The first-order chi connectivity index (χ1) is 35.3. The molecule has 10 nitrogen and oxygen atoms in total. The van der Waals surface area contributed by atoms with E-state index in [1.54, 1.807) is 91.0 Å². The van der Waals surface area contributed by atoms with E-state index in [1.165, 1.54) is 159 Å². The monoisotopic (exact) mass is 982 g/mol. The van der Waals surface area contributed by atoms with Gasteiger partial charge in [0.15, 0.2) is 0 Å². The van der Waals surface area contributed by atoms with Crippen LogP contribution >= 0.6 is 0 Å². The highest BCUT2D eigenvalue weighted by Gasteiger charge is 2.15. The number of unbranched alkanes of at least 4 members (excludes halogenated alkanes) is 22. The van der Waals surface area contributed by atoms with Crippen molar-refractivity contribution >= 4 is 29.5 Å². The van der Waals surface area contributed by atoms with E-state index in [0.717, 1.165) is 25.7 Å². The van der Waals surface area contributed by atoms with Crippen LogP contribution < -0.4 is 29.0 Å². The summed E-state index contributed by atoms with van der Waals surface area (Å²) in [5.74, 6) is 0.117. The molecule has 1 amide bonds. The second-order valence-corrected chi connectivity index (χ2v) is 18.7. The molecule has 0 saturated heterocycles. The highest BCUT2D eigenvalue weighted by Crippen LogP contribution is 2.24. The summed E-state index contributed by atoms with van der Waals surface area (Å²) < 4.78 is 28.5. The Kier molecular flexibility index (Phi) is 26.7. The first-order valence-corrected chi connectivity index (χ1v) is 27.0. The summed E-state index contributed by atoms with van der Waals surface area (Å²) in [5.41, 5.74) is 1.74. The molecule has 0 bridgehead atoms. The van der Waals surface area contributed by atoms with E-state index < -0.39 is 23.8 Å². The van der Waals surface area contributed by atoms with Gasteiger partial charge >= 0.3 is 17.9 Å². The van der Waals surface area contributed by atoms with Gasteiger partial charge in [0.2, 0.25) is 0 Å². The van der Waals surface area contributed by atoms with Gasteiger partial charge in [-0.3, -0.25) is 4.79 Å². The number of carbonyl (C=O) groups is 4. The minimum Gasteiger partial charge on any atom is -0.494 e. The normalized spacial score (nSPS) is 10.9. The van der Waals surface area contributed by atoms with Crippen molar-refractivity contribution in [3.8, 4) is 28.7 Å². The van der Waals surface area contributed by atoms with E-state index in [0.29, 0.717) is 52.8 Å². The van der Waals surface area contributed by atoms with Crippen molar-refractivity contribution in [2.75, 3.05) is 18.5 Å². The van der Waals surface area contributed by atoms with E-state index in [4.69, 9.17) is 23.7 Å². The molecule has 0 spiro atoms. The number of hydrogen-bond donors (Lipinski definition) is 1. The molecule has 0 atom stereocenters. The molecule has 0 aliphatic heterocycles. The summed E-state index contributed by atoms with van der Waals surface area (Å²) in [6, 6.07) is 32.6. The Morgan fingerprint density at radius 3 is 1.00 bits per heavy atom. The standard InChI is InChI=1S/C62H79NO9/c1-3-5-7-9-11-13-15-17-19-21-23-25-46-68-54-38-32-50(33-39-54)60(65)70-56-42-30-49(31-43-56)59(64)63-53-28-27-29-58(48-53)72-62(67)52-36-44-57(45-37-52)71-61(66)51-34-40-55(41-35-51)69-47-26-24-22-20-18-16-14-12-10-8-6-4-2/h27-45,48H,3-26,46-47H2,1-2H3,(H,63,64). The van der Waals surface area contributed by atoms with Gasteiger partial charge in [-0.15, -0.1) is 0 Å². The zero-order valence-electron chi connectivity index (χ0n) is 43.1. The Morgan fingerprint density at radius 2 is 0.639 bits per heavy atom. The average Bonchev–Trinajstić information content (AvgIpc) is 3.40. The van der Waals surface area contributed by atoms with Gasteiger partial charge in [0.1, 0.15) is 28.7 Å². The van der Waals surface area contributed by atoms with Gasteiger partial charge in [-0.1, -0.05) is 161 Å². The number of ether oxygens (including phenoxy) is 5. The van der Waals surface area contributed by atoms with Crippen molar-refractivity contribution in [1.29, 1.82) is 0 Å². The molecule has 5 aromatic rings. The van der Waals surface area contributed by atoms with Crippen LogP contribution in [0, 0.1) is 0 Å². The predicted molar refractivity (Wildman–Crippen MR) is 288 cm³/mol. The van der Waals surface area contributed by atoms with Crippen molar-refractivity contribution in [3.63, 3.8) is 0 Å². The lowest BCUT2D eigenvalue weighted by molar-refractivity contribution is 0.0723. The lowest BCUT2D eigenvalue weighted by Crippen LogP contribution is -2.13. The van der Waals surface area contributed by atoms with Gasteiger partial charge in [-0.25, -0.2) is 14.4 Å². The Labute approximate surface area is 429 Å². The third-order valence-corrected chi connectivity index (χ3v) is 12.6. The number of rotatable bonds is 36. The van der Waals surface area contributed by atoms with Crippen LogP contribution in [-0.4, -0.2) is 37.0 Å². The molecular weight excluding hydrogens is 903 g/mol. The third kappa shape index (κ3) is 22.3. The number of amides is 1. The number of anilines is 1. The fourth-order valence-corrected chi connectivity index (χ4v) is 8.31. The van der Waals surface area contributed by atoms with Crippen LogP contribution in [-0.2, 0) is 0 Å². The molecule has 72 heavy (non-hydrogen) atoms. The van der Waals surface area contributed by atoms with Crippen LogP contribution in [0.25, 0.3) is 0 Å². The Hall–Kier alpha value is -6.42. The van der Waals surface area contributed by atoms with Crippen LogP contribution in [0.4, 0.5) is 5.69 Å². The fourth-order valence-electron chi connectivity index (χ4n) is 8.31. The zero-order chi connectivity index (χ0) is 50.9. The van der Waals surface area contributed by atoms with E-state index >= 15 is 0 Å². The molecule has 1 N–H and O–H groups in total. The van der Waals surface area contributed by atoms with Crippen LogP contribution in [0.5, 0.6) is 28.7 Å². The number of carbonyl (C=O) groups excluding carboxylic acids is 4. The van der Waals surface area contributed by atoms with Gasteiger partial charge in [0.25, 0.3) is 5.91 Å². The van der Waals surface area contributed by atoms with Crippen molar-refractivity contribution in [1.82, 2.24) is 0 Å². The van der Waals surface area contributed by atoms with Crippen molar-refractivity contribution in [2.45, 2.75) is 168 Å². The topological polar surface area (TPSA) is 126 Å². The molecular formula is C62H79NO9. The number of hydrogen-bond acceptors (Lipinski definition) is 9. The Morgan fingerprint density at radius 1 is 0.333 bits per heavy atom. The first-order valence-electron chi connectivity index (χ1n) is 27.0. The van der Waals surface area contributed by atoms with Gasteiger partial charge in [0, 0.05) is 17.3 Å². The van der Waals surface area contributed by atoms with E-state index in [-0.39, 0.29) is 17.1 Å². The van der Waals surface area contributed by atoms with Gasteiger partial charge < -0.3 is 29.0 Å². The summed E-state index contributed by atoms with van der Waals surface area (Å²) in [6.07, 6.45) is 31.0. The maximum Gasteiger partial charge on any atom is 0.343 e. The quantitative estimate of drug-likeness (QED) is 0.0237. The second-order valence-electron chi connectivity index (χ2n) is 18.7. The highest BCUT2D eigenvalue weighted by atomic mass is 16.5. The number of esters is 3. The Bertz CT molecular complexity index is 2150.